The second-order valence-corrected chi connectivity index (χ2v) is 7.58. The summed E-state index contributed by atoms with van der Waals surface area (Å²) in [5, 5.41) is 9.21. The van der Waals surface area contributed by atoms with Crippen molar-refractivity contribution in [2.24, 2.45) is 0 Å². The number of aliphatic carboxylic acids is 1. The van der Waals surface area contributed by atoms with Crippen molar-refractivity contribution >= 4 is 15.8 Å². The summed E-state index contributed by atoms with van der Waals surface area (Å²) in [7, 11) is -3.43. The van der Waals surface area contributed by atoms with Crippen LogP contribution in [0.15, 0.2) is 18.2 Å². The van der Waals surface area contributed by atoms with E-state index in [4.69, 9.17) is 0 Å². The third kappa shape index (κ3) is 3.22. The highest BCUT2D eigenvalue weighted by molar-refractivity contribution is 7.91. The van der Waals surface area contributed by atoms with Gasteiger partial charge >= 0.3 is 12.3 Å². The lowest BCUT2D eigenvalue weighted by molar-refractivity contribution is -0.287. The number of carboxylic acids is 1. The largest absolute Gasteiger partial charge is 0.586 e. The molecule has 126 valence electrons. The summed E-state index contributed by atoms with van der Waals surface area (Å²) >= 11 is 0. The minimum absolute atomic E-state index is 0.000216. The Morgan fingerprint density at radius 2 is 2.13 bits per heavy atom. The van der Waals surface area contributed by atoms with Crippen molar-refractivity contribution in [3.8, 4) is 11.5 Å². The van der Waals surface area contributed by atoms with Crippen LogP contribution in [0.3, 0.4) is 0 Å². The molecule has 0 aromatic heterocycles. The van der Waals surface area contributed by atoms with Crippen LogP contribution in [-0.4, -0.2) is 54.8 Å². The van der Waals surface area contributed by atoms with Gasteiger partial charge in [0.1, 0.15) is 6.04 Å². The lowest BCUT2D eigenvalue weighted by Crippen LogP contribution is -2.51. The number of fused-ring (bicyclic) bond motifs is 1. The highest BCUT2D eigenvalue weighted by Crippen LogP contribution is 2.43. The second kappa shape index (κ2) is 5.31. The summed E-state index contributed by atoms with van der Waals surface area (Å²) in [6.45, 7) is -0.0324. The Bertz CT molecular complexity index is 751. The van der Waals surface area contributed by atoms with Crippen molar-refractivity contribution in [2.75, 3.05) is 18.1 Å². The SMILES string of the molecule is O=C(O)C1CS(=O)(=O)CCN1Cc1cccc2c1OC(F)(F)O2. The number of sulfone groups is 1. The minimum Gasteiger partial charge on any atom is -0.480 e. The number of para-hydroxylation sites is 1. The van der Waals surface area contributed by atoms with Crippen LogP contribution in [0, 0.1) is 0 Å². The third-order valence-electron chi connectivity index (χ3n) is 3.71. The van der Waals surface area contributed by atoms with Crippen molar-refractivity contribution in [3.05, 3.63) is 23.8 Å². The summed E-state index contributed by atoms with van der Waals surface area (Å²) in [6, 6.07) is 3.07. The number of carbonyl (C=O) groups is 1. The van der Waals surface area contributed by atoms with Gasteiger partial charge < -0.3 is 14.6 Å². The fraction of sp³-hybridized carbons (Fsp3) is 0.462. The van der Waals surface area contributed by atoms with Gasteiger partial charge in [0.25, 0.3) is 0 Å². The third-order valence-corrected chi connectivity index (χ3v) is 5.34. The lowest BCUT2D eigenvalue weighted by Gasteiger charge is -2.32. The monoisotopic (exact) mass is 349 g/mol. The van der Waals surface area contributed by atoms with E-state index in [9.17, 15) is 27.1 Å². The van der Waals surface area contributed by atoms with Crippen molar-refractivity contribution in [1.29, 1.82) is 0 Å². The Morgan fingerprint density at radius 1 is 1.39 bits per heavy atom. The molecule has 1 fully saturated rings. The van der Waals surface area contributed by atoms with Gasteiger partial charge in [0.2, 0.25) is 0 Å². The van der Waals surface area contributed by atoms with Crippen LogP contribution in [-0.2, 0) is 21.2 Å². The Balaban J connectivity index is 1.86. The maximum atomic E-state index is 13.2. The summed E-state index contributed by atoms with van der Waals surface area (Å²) in [5.74, 6) is -2.26. The molecule has 0 radical (unpaired) electrons. The smallest absolute Gasteiger partial charge is 0.480 e. The molecule has 2 aliphatic rings. The van der Waals surface area contributed by atoms with Crippen LogP contribution < -0.4 is 9.47 Å². The van der Waals surface area contributed by atoms with E-state index in [1.54, 1.807) is 0 Å². The first-order valence-electron chi connectivity index (χ1n) is 6.72. The topological polar surface area (TPSA) is 93.1 Å². The van der Waals surface area contributed by atoms with Gasteiger partial charge in [-0.05, 0) is 6.07 Å². The quantitative estimate of drug-likeness (QED) is 0.858. The summed E-state index contributed by atoms with van der Waals surface area (Å²) in [4.78, 5) is 12.7. The first-order valence-corrected chi connectivity index (χ1v) is 8.54. The summed E-state index contributed by atoms with van der Waals surface area (Å²) in [5.41, 5.74) is 0.310. The zero-order valence-electron chi connectivity index (χ0n) is 11.7. The molecule has 0 saturated carbocycles. The van der Waals surface area contributed by atoms with E-state index in [-0.39, 0.29) is 30.3 Å². The molecule has 10 heteroatoms. The Labute approximate surface area is 130 Å². The van der Waals surface area contributed by atoms with E-state index in [0.29, 0.717) is 5.56 Å². The molecule has 2 heterocycles. The maximum absolute atomic E-state index is 13.2. The molecule has 23 heavy (non-hydrogen) atoms. The Kier molecular flexibility index (Phi) is 3.68. The maximum Gasteiger partial charge on any atom is 0.586 e. The number of nitrogens with zero attached hydrogens (tertiary/aromatic N) is 1. The van der Waals surface area contributed by atoms with Crippen LogP contribution in [0.2, 0.25) is 0 Å². The molecule has 0 bridgehead atoms. The zero-order chi connectivity index (χ0) is 16.8. The van der Waals surface area contributed by atoms with Crippen LogP contribution in [0.1, 0.15) is 5.56 Å². The van der Waals surface area contributed by atoms with Gasteiger partial charge in [-0.25, -0.2) is 8.42 Å². The predicted octanol–water partition coefficient (Wildman–Crippen LogP) is 0.692. The molecular weight excluding hydrogens is 336 g/mol. The highest BCUT2D eigenvalue weighted by Gasteiger charge is 2.45. The Morgan fingerprint density at radius 3 is 2.83 bits per heavy atom. The number of benzene rings is 1. The average molecular weight is 349 g/mol. The number of hydrogen-bond acceptors (Lipinski definition) is 6. The molecule has 0 spiro atoms. The zero-order valence-corrected chi connectivity index (χ0v) is 12.6. The van der Waals surface area contributed by atoms with E-state index in [1.165, 1.54) is 23.1 Å². The average Bonchev–Trinajstić information content (AvgIpc) is 2.75. The van der Waals surface area contributed by atoms with E-state index < -0.39 is 33.9 Å². The fourth-order valence-electron chi connectivity index (χ4n) is 2.63. The molecule has 1 unspecified atom stereocenters. The van der Waals surface area contributed by atoms with Gasteiger partial charge in [0.15, 0.2) is 21.3 Å². The number of rotatable bonds is 3. The van der Waals surface area contributed by atoms with Crippen molar-refractivity contribution in [1.82, 2.24) is 4.90 Å². The van der Waals surface area contributed by atoms with Crippen LogP contribution >= 0.6 is 0 Å². The van der Waals surface area contributed by atoms with Gasteiger partial charge in [-0.1, -0.05) is 12.1 Å². The number of halogens is 2. The van der Waals surface area contributed by atoms with Gasteiger partial charge in [0.05, 0.1) is 11.5 Å². The lowest BCUT2D eigenvalue weighted by atomic mass is 10.1. The highest BCUT2D eigenvalue weighted by atomic mass is 32.2. The van der Waals surface area contributed by atoms with E-state index in [1.807, 2.05) is 0 Å². The number of ether oxygens (including phenoxy) is 2. The molecule has 0 amide bonds. The van der Waals surface area contributed by atoms with Crippen molar-refractivity contribution in [3.63, 3.8) is 0 Å². The predicted molar refractivity (Wildman–Crippen MR) is 73.1 cm³/mol. The van der Waals surface area contributed by atoms with E-state index >= 15 is 0 Å². The van der Waals surface area contributed by atoms with Crippen molar-refractivity contribution < 1.29 is 36.6 Å². The normalized spacial score (nSPS) is 25.2. The molecule has 2 aliphatic heterocycles. The first kappa shape index (κ1) is 15.9. The summed E-state index contributed by atoms with van der Waals surface area (Å²) in [6.07, 6.45) is -3.77. The first-order chi connectivity index (χ1) is 10.7. The molecule has 3 rings (SSSR count). The minimum atomic E-state index is -3.77. The van der Waals surface area contributed by atoms with Gasteiger partial charge in [-0.3, -0.25) is 9.69 Å². The van der Waals surface area contributed by atoms with E-state index in [0.717, 1.165) is 0 Å². The number of alkyl halides is 2. The van der Waals surface area contributed by atoms with Crippen molar-refractivity contribution in [2.45, 2.75) is 18.9 Å². The van der Waals surface area contributed by atoms with Gasteiger partial charge in [0, 0.05) is 18.7 Å². The van der Waals surface area contributed by atoms with Crippen LogP contribution in [0.4, 0.5) is 8.78 Å². The Hall–Kier alpha value is -1.94. The summed E-state index contributed by atoms with van der Waals surface area (Å²) < 4.78 is 58.3. The molecular formula is C13H13F2NO6S. The molecule has 1 atom stereocenters. The molecule has 1 aromatic rings. The molecule has 1 N–H and O–H groups in total. The second-order valence-electron chi connectivity index (χ2n) is 5.35. The van der Waals surface area contributed by atoms with Gasteiger partial charge in [-0.2, -0.15) is 0 Å². The standard InChI is InChI=1S/C13H13F2NO6S/c14-13(15)21-10-3-1-2-8(11(10)22-13)6-16-4-5-23(19,20)7-9(16)12(17)18/h1-3,9H,4-7H2,(H,17,18). The van der Waals surface area contributed by atoms with Crippen LogP contribution in [0.5, 0.6) is 11.5 Å². The molecule has 1 aromatic carbocycles. The van der Waals surface area contributed by atoms with E-state index in [2.05, 4.69) is 9.47 Å². The molecule has 0 aliphatic carbocycles. The van der Waals surface area contributed by atoms with Crippen LogP contribution in [0.25, 0.3) is 0 Å². The fourth-order valence-corrected chi connectivity index (χ4v) is 4.14. The molecule has 7 nitrogen and oxygen atoms in total. The van der Waals surface area contributed by atoms with Gasteiger partial charge in [-0.15, -0.1) is 8.78 Å². The number of carboxylic acid groups (broad SMARTS) is 1. The molecule has 1 saturated heterocycles. The number of hydrogen-bond donors (Lipinski definition) is 1.